The number of nitrogens with one attached hydrogen (secondary N) is 2. The van der Waals surface area contributed by atoms with E-state index in [9.17, 15) is 4.79 Å². The van der Waals surface area contributed by atoms with Crippen molar-refractivity contribution in [3.63, 3.8) is 0 Å². The van der Waals surface area contributed by atoms with Crippen LogP contribution in [0.2, 0.25) is 5.02 Å². The third kappa shape index (κ3) is 3.53. The average molecular weight is 264 g/mol. The van der Waals surface area contributed by atoms with Crippen molar-refractivity contribution in [2.24, 2.45) is 7.05 Å². The third-order valence-corrected chi connectivity index (χ3v) is 2.70. The van der Waals surface area contributed by atoms with E-state index in [1.54, 1.807) is 24.3 Å². The van der Waals surface area contributed by atoms with Crippen LogP contribution >= 0.6 is 11.6 Å². The second-order valence-electron chi connectivity index (χ2n) is 4.00. The standard InChI is InChI=1S/C13H14ClN3O/c1-17-7-6-10(9-17)8-15-13(18)16-12-4-2-11(14)3-5-12/h2-7,9H,8H2,1H3,(H2,15,16,18). The SMILES string of the molecule is Cn1ccc(CNC(=O)Nc2ccc(Cl)cc2)c1. The first kappa shape index (κ1) is 12.5. The molecule has 1 aromatic heterocycles. The quantitative estimate of drug-likeness (QED) is 0.879. The van der Waals surface area contributed by atoms with E-state index in [1.807, 2.05) is 30.1 Å². The number of urea groups is 1. The molecular formula is C13H14ClN3O. The van der Waals surface area contributed by atoms with Crippen LogP contribution in [0.5, 0.6) is 0 Å². The summed E-state index contributed by atoms with van der Waals surface area (Å²) in [6, 6.07) is 8.70. The number of anilines is 1. The molecule has 2 rings (SSSR count). The van der Waals surface area contributed by atoms with Gasteiger partial charge in [-0.15, -0.1) is 0 Å². The van der Waals surface area contributed by atoms with Gasteiger partial charge in [0.1, 0.15) is 0 Å². The number of nitrogens with zero attached hydrogens (tertiary/aromatic N) is 1. The zero-order valence-corrected chi connectivity index (χ0v) is 10.7. The first-order chi connectivity index (χ1) is 8.63. The van der Waals surface area contributed by atoms with Gasteiger partial charge in [0, 0.05) is 36.7 Å². The van der Waals surface area contributed by atoms with Crippen molar-refractivity contribution >= 4 is 23.3 Å². The molecule has 1 aromatic carbocycles. The van der Waals surface area contributed by atoms with Gasteiger partial charge in [0.15, 0.2) is 0 Å². The number of halogens is 1. The van der Waals surface area contributed by atoms with E-state index in [0.717, 1.165) is 5.56 Å². The van der Waals surface area contributed by atoms with Gasteiger partial charge in [-0.1, -0.05) is 11.6 Å². The second-order valence-corrected chi connectivity index (χ2v) is 4.44. The van der Waals surface area contributed by atoms with Crippen molar-refractivity contribution in [3.8, 4) is 0 Å². The maximum atomic E-state index is 11.6. The van der Waals surface area contributed by atoms with E-state index in [4.69, 9.17) is 11.6 Å². The van der Waals surface area contributed by atoms with Crippen molar-refractivity contribution in [2.75, 3.05) is 5.32 Å². The fourth-order valence-electron chi connectivity index (χ4n) is 1.56. The predicted octanol–water partition coefficient (Wildman–Crippen LogP) is 3.00. The highest BCUT2D eigenvalue weighted by Crippen LogP contribution is 2.13. The van der Waals surface area contributed by atoms with E-state index >= 15 is 0 Å². The lowest BCUT2D eigenvalue weighted by Crippen LogP contribution is -2.27. The molecule has 0 aliphatic heterocycles. The van der Waals surface area contributed by atoms with E-state index in [1.165, 1.54) is 0 Å². The molecule has 2 N–H and O–H groups in total. The number of carbonyl (C=O) groups is 1. The van der Waals surface area contributed by atoms with Gasteiger partial charge in [0.05, 0.1) is 0 Å². The summed E-state index contributed by atoms with van der Waals surface area (Å²) in [5.74, 6) is 0. The summed E-state index contributed by atoms with van der Waals surface area (Å²) in [4.78, 5) is 11.6. The molecule has 18 heavy (non-hydrogen) atoms. The van der Waals surface area contributed by atoms with Crippen LogP contribution in [-0.4, -0.2) is 10.6 Å². The molecule has 2 aromatic rings. The molecule has 0 bridgehead atoms. The smallest absolute Gasteiger partial charge is 0.319 e. The van der Waals surface area contributed by atoms with Gasteiger partial charge >= 0.3 is 6.03 Å². The zero-order valence-electron chi connectivity index (χ0n) is 9.98. The Labute approximate surface area is 111 Å². The number of hydrogen-bond acceptors (Lipinski definition) is 1. The molecule has 0 aliphatic carbocycles. The Morgan fingerprint density at radius 3 is 2.61 bits per heavy atom. The van der Waals surface area contributed by atoms with Gasteiger partial charge in [-0.05, 0) is 35.9 Å². The molecule has 0 fully saturated rings. The van der Waals surface area contributed by atoms with Crippen molar-refractivity contribution < 1.29 is 4.79 Å². The minimum atomic E-state index is -0.235. The maximum Gasteiger partial charge on any atom is 0.319 e. The Morgan fingerprint density at radius 1 is 1.28 bits per heavy atom. The number of hydrogen-bond donors (Lipinski definition) is 2. The predicted molar refractivity (Wildman–Crippen MR) is 72.7 cm³/mol. The highest BCUT2D eigenvalue weighted by molar-refractivity contribution is 6.30. The monoisotopic (exact) mass is 263 g/mol. The van der Waals surface area contributed by atoms with Crippen LogP contribution in [0.1, 0.15) is 5.56 Å². The second kappa shape index (κ2) is 5.60. The van der Waals surface area contributed by atoms with E-state index in [-0.39, 0.29) is 6.03 Å². The van der Waals surface area contributed by atoms with Crippen LogP contribution in [0.4, 0.5) is 10.5 Å². The Morgan fingerprint density at radius 2 is 2.00 bits per heavy atom. The molecule has 0 atom stereocenters. The summed E-state index contributed by atoms with van der Waals surface area (Å²) in [6.07, 6.45) is 3.90. The largest absolute Gasteiger partial charge is 0.357 e. The van der Waals surface area contributed by atoms with Crippen LogP contribution in [-0.2, 0) is 13.6 Å². The Kier molecular flexibility index (Phi) is 3.89. The molecule has 0 saturated heterocycles. The summed E-state index contributed by atoms with van der Waals surface area (Å²) in [6.45, 7) is 0.500. The van der Waals surface area contributed by atoms with Crippen molar-refractivity contribution in [1.82, 2.24) is 9.88 Å². The molecule has 1 heterocycles. The Bertz CT molecular complexity index is 533. The van der Waals surface area contributed by atoms with Crippen LogP contribution in [0, 0.1) is 0 Å². The lowest BCUT2D eigenvalue weighted by molar-refractivity contribution is 0.251. The highest BCUT2D eigenvalue weighted by Gasteiger charge is 2.02. The summed E-state index contributed by atoms with van der Waals surface area (Å²) in [5, 5.41) is 6.15. The molecule has 0 unspecified atom stereocenters. The number of rotatable bonds is 3. The molecule has 5 heteroatoms. The van der Waals surface area contributed by atoms with E-state index in [0.29, 0.717) is 17.3 Å². The molecule has 0 saturated carbocycles. The van der Waals surface area contributed by atoms with Crippen LogP contribution < -0.4 is 10.6 Å². The molecule has 0 aliphatic rings. The third-order valence-electron chi connectivity index (χ3n) is 2.45. The first-order valence-electron chi connectivity index (χ1n) is 5.55. The van der Waals surface area contributed by atoms with Gasteiger partial charge in [0.25, 0.3) is 0 Å². The highest BCUT2D eigenvalue weighted by atomic mass is 35.5. The van der Waals surface area contributed by atoms with E-state index < -0.39 is 0 Å². The lowest BCUT2D eigenvalue weighted by atomic mass is 10.3. The molecule has 2 amide bonds. The number of aromatic nitrogens is 1. The van der Waals surface area contributed by atoms with Gasteiger partial charge in [-0.3, -0.25) is 0 Å². The summed E-state index contributed by atoms with van der Waals surface area (Å²) < 4.78 is 1.94. The maximum absolute atomic E-state index is 11.6. The van der Waals surface area contributed by atoms with Crippen molar-refractivity contribution in [3.05, 3.63) is 53.3 Å². The number of benzene rings is 1. The molecule has 0 radical (unpaired) electrons. The minimum Gasteiger partial charge on any atom is -0.357 e. The molecule has 94 valence electrons. The number of aryl methyl sites for hydroxylation is 1. The van der Waals surface area contributed by atoms with Gasteiger partial charge < -0.3 is 15.2 Å². The summed E-state index contributed by atoms with van der Waals surface area (Å²) in [7, 11) is 1.94. The number of carbonyl (C=O) groups excluding carboxylic acids is 1. The van der Waals surface area contributed by atoms with Crippen molar-refractivity contribution in [1.29, 1.82) is 0 Å². The fourth-order valence-corrected chi connectivity index (χ4v) is 1.68. The van der Waals surface area contributed by atoms with Crippen LogP contribution in [0.15, 0.2) is 42.7 Å². The molecule has 0 spiro atoms. The number of amides is 2. The fraction of sp³-hybridized carbons (Fsp3) is 0.154. The van der Waals surface area contributed by atoms with Crippen molar-refractivity contribution in [2.45, 2.75) is 6.54 Å². The zero-order chi connectivity index (χ0) is 13.0. The normalized spacial score (nSPS) is 10.1. The van der Waals surface area contributed by atoms with Crippen LogP contribution in [0.3, 0.4) is 0 Å². The Hall–Kier alpha value is -1.94. The lowest BCUT2D eigenvalue weighted by Gasteiger charge is -2.06. The van der Waals surface area contributed by atoms with Gasteiger partial charge in [-0.25, -0.2) is 4.79 Å². The average Bonchev–Trinajstić information content (AvgIpc) is 2.76. The van der Waals surface area contributed by atoms with Gasteiger partial charge in [-0.2, -0.15) is 0 Å². The Balaban J connectivity index is 1.83. The molecular weight excluding hydrogens is 250 g/mol. The first-order valence-corrected chi connectivity index (χ1v) is 5.92. The minimum absolute atomic E-state index is 0.235. The molecule has 4 nitrogen and oxygen atoms in total. The van der Waals surface area contributed by atoms with Crippen LogP contribution in [0.25, 0.3) is 0 Å². The van der Waals surface area contributed by atoms with Gasteiger partial charge in [0.2, 0.25) is 0 Å². The topological polar surface area (TPSA) is 46.1 Å². The van der Waals surface area contributed by atoms with E-state index in [2.05, 4.69) is 10.6 Å². The summed E-state index contributed by atoms with van der Waals surface area (Å²) in [5.41, 5.74) is 1.77. The summed E-state index contributed by atoms with van der Waals surface area (Å²) >= 11 is 5.76.